The van der Waals surface area contributed by atoms with Crippen molar-refractivity contribution in [2.45, 2.75) is 44.9 Å². The maximum absolute atomic E-state index is 10.2. The topological polar surface area (TPSA) is 44.3 Å². The maximum Gasteiger partial charge on any atom is 0.0788 e. The third kappa shape index (κ3) is 7.26. The van der Waals surface area contributed by atoms with Crippen LogP contribution in [0.2, 0.25) is 0 Å². The van der Waals surface area contributed by atoms with Crippen LogP contribution in [0.3, 0.4) is 0 Å². The standard InChI is InChI=1S/C21H30N2O/c1-17(13-19-9-5-3-6-10-19)22-15-21(24)16-23-18(2)14-20-11-7-4-8-12-20/h3-12,17-18,21-24H,13-16H2,1-2H3. The molecule has 0 bridgehead atoms. The summed E-state index contributed by atoms with van der Waals surface area (Å²) in [4.78, 5) is 0. The van der Waals surface area contributed by atoms with Crippen molar-refractivity contribution < 1.29 is 5.11 Å². The Morgan fingerprint density at radius 3 is 1.46 bits per heavy atom. The first-order valence-corrected chi connectivity index (χ1v) is 8.86. The van der Waals surface area contributed by atoms with Crippen LogP contribution in [0.25, 0.3) is 0 Å². The van der Waals surface area contributed by atoms with E-state index in [4.69, 9.17) is 0 Å². The van der Waals surface area contributed by atoms with E-state index in [1.54, 1.807) is 0 Å². The first-order valence-electron chi connectivity index (χ1n) is 8.86. The smallest absolute Gasteiger partial charge is 0.0788 e. The lowest BCUT2D eigenvalue weighted by molar-refractivity contribution is 0.161. The van der Waals surface area contributed by atoms with E-state index in [2.05, 4.69) is 73.0 Å². The Bertz CT molecular complexity index is 507. The van der Waals surface area contributed by atoms with Crippen molar-refractivity contribution in [2.75, 3.05) is 13.1 Å². The van der Waals surface area contributed by atoms with Crippen LogP contribution >= 0.6 is 0 Å². The van der Waals surface area contributed by atoms with Gasteiger partial charge in [0.1, 0.15) is 0 Å². The molecule has 0 radical (unpaired) electrons. The Morgan fingerprint density at radius 1 is 0.708 bits per heavy atom. The molecule has 2 rings (SSSR count). The van der Waals surface area contributed by atoms with Crippen molar-refractivity contribution >= 4 is 0 Å². The molecule has 3 heteroatoms. The zero-order valence-electron chi connectivity index (χ0n) is 14.8. The number of nitrogens with one attached hydrogen (secondary N) is 2. The SMILES string of the molecule is CC(Cc1ccccc1)NCC(O)CNC(C)Cc1ccccc1. The van der Waals surface area contributed by atoms with Gasteiger partial charge >= 0.3 is 0 Å². The minimum absolute atomic E-state index is 0.351. The Morgan fingerprint density at radius 2 is 1.08 bits per heavy atom. The lowest BCUT2D eigenvalue weighted by Gasteiger charge is -2.20. The number of hydrogen-bond donors (Lipinski definition) is 3. The molecule has 24 heavy (non-hydrogen) atoms. The molecular formula is C21H30N2O. The van der Waals surface area contributed by atoms with Gasteiger partial charge in [0, 0.05) is 25.2 Å². The third-order valence-corrected chi connectivity index (χ3v) is 4.17. The van der Waals surface area contributed by atoms with Crippen LogP contribution in [-0.2, 0) is 12.8 Å². The average molecular weight is 326 g/mol. The largest absolute Gasteiger partial charge is 0.390 e. The molecule has 0 saturated heterocycles. The predicted molar refractivity (Wildman–Crippen MR) is 101 cm³/mol. The highest BCUT2D eigenvalue weighted by Gasteiger charge is 2.10. The molecule has 0 aliphatic carbocycles. The summed E-state index contributed by atoms with van der Waals surface area (Å²) in [5.74, 6) is 0. The first-order chi connectivity index (χ1) is 11.6. The van der Waals surface area contributed by atoms with Gasteiger partial charge in [0.15, 0.2) is 0 Å². The minimum atomic E-state index is -0.374. The molecule has 2 aromatic rings. The quantitative estimate of drug-likeness (QED) is 0.629. The molecule has 0 amide bonds. The van der Waals surface area contributed by atoms with Crippen LogP contribution in [0.4, 0.5) is 0 Å². The van der Waals surface area contributed by atoms with Gasteiger partial charge in [0.25, 0.3) is 0 Å². The number of rotatable bonds is 10. The molecule has 3 N–H and O–H groups in total. The molecule has 0 heterocycles. The molecule has 0 aliphatic rings. The summed E-state index contributed by atoms with van der Waals surface area (Å²) < 4.78 is 0. The monoisotopic (exact) mass is 326 g/mol. The fraction of sp³-hybridized carbons (Fsp3) is 0.429. The van der Waals surface area contributed by atoms with E-state index in [1.807, 2.05) is 12.1 Å². The van der Waals surface area contributed by atoms with E-state index in [9.17, 15) is 5.11 Å². The van der Waals surface area contributed by atoms with Gasteiger partial charge in [0.2, 0.25) is 0 Å². The lowest BCUT2D eigenvalue weighted by Crippen LogP contribution is -2.42. The van der Waals surface area contributed by atoms with Gasteiger partial charge in [-0.25, -0.2) is 0 Å². The van der Waals surface area contributed by atoms with Crippen molar-refractivity contribution in [1.29, 1.82) is 0 Å². The van der Waals surface area contributed by atoms with Gasteiger partial charge in [-0.15, -0.1) is 0 Å². The lowest BCUT2D eigenvalue weighted by atomic mass is 10.1. The number of aliphatic hydroxyl groups is 1. The first kappa shape index (κ1) is 18.7. The molecule has 2 atom stereocenters. The molecule has 0 saturated carbocycles. The van der Waals surface area contributed by atoms with E-state index in [-0.39, 0.29) is 6.10 Å². The highest BCUT2D eigenvalue weighted by atomic mass is 16.3. The fourth-order valence-corrected chi connectivity index (χ4v) is 2.83. The molecule has 2 unspecified atom stereocenters. The molecular weight excluding hydrogens is 296 g/mol. The number of benzene rings is 2. The maximum atomic E-state index is 10.2. The summed E-state index contributed by atoms with van der Waals surface area (Å²) >= 11 is 0. The van der Waals surface area contributed by atoms with Gasteiger partial charge in [-0.1, -0.05) is 60.7 Å². The molecule has 130 valence electrons. The predicted octanol–water partition coefficient (Wildman–Crippen LogP) is 2.79. The molecule has 3 nitrogen and oxygen atoms in total. The van der Waals surface area contributed by atoms with Gasteiger partial charge in [-0.05, 0) is 37.8 Å². The second-order valence-corrected chi connectivity index (χ2v) is 6.65. The van der Waals surface area contributed by atoms with E-state index >= 15 is 0 Å². The summed E-state index contributed by atoms with van der Waals surface area (Å²) in [6.07, 6.45) is 1.58. The van der Waals surface area contributed by atoms with Crippen LogP contribution in [0.5, 0.6) is 0 Å². The van der Waals surface area contributed by atoms with Gasteiger partial charge in [-0.3, -0.25) is 0 Å². The Kier molecular flexibility index (Phi) is 7.96. The second-order valence-electron chi connectivity index (χ2n) is 6.65. The van der Waals surface area contributed by atoms with Gasteiger partial charge < -0.3 is 15.7 Å². The molecule has 0 fully saturated rings. The van der Waals surface area contributed by atoms with Crippen LogP contribution in [0.15, 0.2) is 60.7 Å². The van der Waals surface area contributed by atoms with Gasteiger partial charge in [0.05, 0.1) is 6.10 Å². The molecule has 0 aliphatic heterocycles. The summed E-state index contributed by atoms with van der Waals surface area (Å²) in [5, 5.41) is 17.0. The number of aliphatic hydroxyl groups excluding tert-OH is 1. The normalized spacial score (nSPS) is 15.0. The second kappa shape index (κ2) is 10.2. The molecule has 2 aromatic carbocycles. The molecule has 0 aromatic heterocycles. The number of hydrogen-bond acceptors (Lipinski definition) is 3. The Balaban J connectivity index is 1.61. The van der Waals surface area contributed by atoms with Crippen molar-refractivity contribution in [1.82, 2.24) is 10.6 Å². The van der Waals surface area contributed by atoms with Crippen molar-refractivity contribution in [3.05, 3.63) is 71.8 Å². The Labute approximate surface area is 146 Å². The average Bonchev–Trinajstić information content (AvgIpc) is 2.60. The summed E-state index contributed by atoms with van der Waals surface area (Å²) in [5.41, 5.74) is 2.64. The highest BCUT2D eigenvalue weighted by molar-refractivity contribution is 5.16. The summed E-state index contributed by atoms with van der Waals surface area (Å²) in [6, 6.07) is 21.6. The van der Waals surface area contributed by atoms with Crippen LogP contribution in [0.1, 0.15) is 25.0 Å². The highest BCUT2D eigenvalue weighted by Crippen LogP contribution is 2.04. The molecule has 0 spiro atoms. The van der Waals surface area contributed by atoms with Crippen LogP contribution < -0.4 is 10.6 Å². The van der Waals surface area contributed by atoms with Crippen molar-refractivity contribution in [3.8, 4) is 0 Å². The third-order valence-electron chi connectivity index (χ3n) is 4.17. The summed E-state index contributed by atoms with van der Waals surface area (Å²) in [7, 11) is 0. The van der Waals surface area contributed by atoms with E-state index in [1.165, 1.54) is 11.1 Å². The Hall–Kier alpha value is -1.68. The zero-order chi connectivity index (χ0) is 17.2. The van der Waals surface area contributed by atoms with Crippen LogP contribution in [0, 0.1) is 0 Å². The van der Waals surface area contributed by atoms with Gasteiger partial charge in [-0.2, -0.15) is 0 Å². The van der Waals surface area contributed by atoms with E-state index in [0.29, 0.717) is 25.2 Å². The van der Waals surface area contributed by atoms with Crippen molar-refractivity contribution in [2.24, 2.45) is 0 Å². The minimum Gasteiger partial charge on any atom is -0.390 e. The fourth-order valence-electron chi connectivity index (χ4n) is 2.83. The van der Waals surface area contributed by atoms with Crippen molar-refractivity contribution in [3.63, 3.8) is 0 Å². The van der Waals surface area contributed by atoms with E-state index in [0.717, 1.165) is 12.8 Å². The van der Waals surface area contributed by atoms with Crippen LogP contribution in [-0.4, -0.2) is 36.4 Å². The zero-order valence-corrected chi connectivity index (χ0v) is 14.8. The van der Waals surface area contributed by atoms with E-state index < -0.39 is 0 Å². The summed E-state index contributed by atoms with van der Waals surface area (Å²) in [6.45, 7) is 5.54.